The van der Waals surface area contributed by atoms with Gasteiger partial charge >= 0.3 is 0 Å². The lowest BCUT2D eigenvalue weighted by molar-refractivity contribution is 0.623. The van der Waals surface area contributed by atoms with Gasteiger partial charge in [0.2, 0.25) is 0 Å². The Kier molecular flexibility index (Phi) is 4.27. The maximum Gasteiger partial charge on any atom is 0.123 e. The number of rotatable bonds is 4. The molecule has 19 heavy (non-hydrogen) atoms. The number of halogens is 1. The van der Waals surface area contributed by atoms with Crippen molar-refractivity contribution < 1.29 is 4.39 Å². The van der Waals surface area contributed by atoms with Crippen LogP contribution in [-0.4, -0.2) is 6.54 Å². The molecule has 0 amide bonds. The van der Waals surface area contributed by atoms with Crippen LogP contribution in [0, 0.1) is 17.1 Å². The molecule has 0 spiro atoms. The lowest BCUT2D eigenvalue weighted by Gasteiger charge is -2.15. The highest BCUT2D eigenvalue weighted by Gasteiger charge is 2.11. The average molecular weight is 254 g/mol. The molecule has 2 N–H and O–H groups in total. The summed E-state index contributed by atoms with van der Waals surface area (Å²) in [6.45, 7) is 0.489. The third-order valence-electron chi connectivity index (χ3n) is 3.16. The Morgan fingerprint density at radius 1 is 1.16 bits per heavy atom. The first-order chi connectivity index (χ1) is 9.22. The van der Waals surface area contributed by atoms with Crippen molar-refractivity contribution in [1.29, 1.82) is 5.26 Å². The van der Waals surface area contributed by atoms with Crippen LogP contribution in [0.2, 0.25) is 0 Å². The van der Waals surface area contributed by atoms with Crippen LogP contribution >= 0.6 is 0 Å². The minimum absolute atomic E-state index is 0.134. The maximum absolute atomic E-state index is 12.9. The van der Waals surface area contributed by atoms with E-state index in [-0.39, 0.29) is 11.7 Å². The van der Waals surface area contributed by atoms with Gasteiger partial charge in [-0.1, -0.05) is 24.3 Å². The van der Waals surface area contributed by atoms with Gasteiger partial charge < -0.3 is 5.73 Å². The Bertz CT molecular complexity index is 584. The summed E-state index contributed by atoms with van der Waals surface area (Å²) < 4.78 is 12.9. The highest BCUT2D eigenvalue weighted by molar-refractivity contribution is 5.34. The second-order valence-corrected chi connectivity index (χ2v) is 4.50. The van der Waals surface area contributed by atoms with Crippen molar-refractivity contribution in [3.63, 3.8) is 0 Å². The fourth-order valence-corrected chi connectivity index (χ4v) is 2.12. The van der Waals surface area contributed by atoms with Crippen LogP contribution in [-0.2, 0) is 6.42 Å². The quantitative estimate of drug-likeness (QED) is 0.911. The lowest BCUT2D eigenvalue weighted by atomic mass is 9.91. The lowest BCUT2D eigenvalue weighted by Crippen LogP contribution is -2.15. The highest BCUT2D eigenvalue weighted by atomic mass is 19.1. The second kappa shape index (κ2) is 6.12. The number of hydrogen-bond acceptors (Lipinski definition) is 2. The van der Waals surface area contributed by atoms with E-state index in [9.17, 15) is 4.39 Å². The predicted octanol–water partition coefficient (Wildman–Crippen LogP) is 2.98. The highest BCUT2D eigenvalue weighted by Crippen LogP contribution is 2.20. The topological polar surface area (TPSA) is 49.8 Å². The molecular formula is C16H15FN2. The van der Waals surface area contributed by atoms with Crippen LogP contribution in [0.5, 0.6) is 0 Å². The molecule has 0 radical (unpaired) electrons. The number of benzene rings is 2. The fraction of sp³-hybridized carbons (Fsp3) is 0.188. The summed E-state index contributed by atoms with van der Waals surface area (Å²) in [4.78, 5) is 0. The molecule has 0 heterocycles. The maximum atomic E-state index is 12.9. The molecule has 0 fully saturated rings. The Balaban J connectivity index is 2.19. The number of nitrogens with two attached hydrogens (primary N) is 1. The molecule has 2 nitrogen and oxygen atoms in total. The van der Waals surface area contributed by atoms with Crippen molar-refractivity contribution in [3.8, 4) is 6.07 Å². The molecule has 2 rings (SSSR count). The monoisotopic (exact) mass is 254 g/mol. The van der Waals surface area contributed by atoms with Gasteiger partial charge in [0.15, 0.2) is 0 Å². The minimum Gasteiger partial charge on any atom is -0.330 e. The standard InChI is InChI=1S/C16H15FN2/c17-16-6-4-14(5-7-16)15(11-19)9-12-2-1-3-13(8-12)10-18/h1-8,15H,9,11,19H2. The first-order valence-electron chi connectivity index (χ1n) is 6.17. The van der Waals surface area contributed by atoms with Gasteiger partial charge in [0.25, 0.3) is 0 Å². The first-order valence-corrected chi connectivity index (χ1v) is 6.17. The summed E-state index contributed by atoms with van der Waals surface area (Å²) in [6, 6.07) is 16.0. The predicted molar refractivity (Wildman–Crippen MR) is 73.1 cm³/mol. The van der Waals surface area contributed by atoms with Crippen LogP contribution in [0.25, 0.3) is 0 Å². The van der Waals surface area contributed by atoms with Crippen LogP contribution in [0.3, 0.4) is 0 Å². The molecule has 0 aromatic heterocycles. The van der Waals surface area contributed by atoms with Gasteiger partial charge in [-0.05, 0) is 48.4 Å². The zero-order valence-electron chi connectivity index (χ0n) is 10.5. The van der Waals surface area contributed by atoms with E-state index in [1.54, 1.807) is 18.2 Å². The average Bonchev–Trinajstić information content (AvgIpc) is 2.46. The van der Waals surface area contributed by atoms with Crippen molar-refractivity contribution in [1.82, 2.24) is 0 Å². The Morgan fingerprint density at radius 3 is 2.53 bits per heavy atom. The Labute approximate surface area is 112 Å². The molecule has 96 valence electrons. The van der Waals surface area contributed by atoms with Gasteiger partial charge in [0, 0.05) is 5.92 Å². The van der Waals surface area contributed by atoms with Gasteiger partial charge in [0.1, 0.15) is 5.82 Å². The fourth-order valence-electron chi connectivity index (χ4n) is 2.12. The van der Waals surface area contributed by atoms with E-state index in [4.69, 9.17) is 11.0 Å². The number of nitrogens with zero attached hydrogens (tertiary/aromatic N) is 1. The molecule has 3 heteroatoms. The summed E-state index contributed by atoms with van der Waals surface area (Å²) in [5.74, 6) is -0.111. The van der Waals surface area contributed by atoms with Crippen molar-refractivity contribution in [3.05, 3.63) is 71.0 Å². The number of hydrogen-bond donors (Lipinski definition) is 1. The van der Waals surface area contributed by atoms with Gasteiger partial charge in [-0.2, -0.15) is 5.26 Å². The van der Waals surface area contributed by atoms with E-state index in [0.29, 0.717) is 12.1 Å². The van der Waals surface area contributed by atoms with E-state index in [0.717, 1.165) is 17.5 Å². The molecule has 2 aromatic carbocycles. The van der Waals surface area contributed by atoms with Gasteiger partial charge in [0.05, 0.1) is 11.6 Å². The normalized spacial score (nSPS) is 11.8. The second-order valence-electron chi connectivity index (χ2n) is 4.50. The van der Waals surface area contributed by atoms with Crippen molar-refractivity contribution in [2.75, 3.05) is 6.54 Å². The van der Waals surface area contributed by atoms with Crippen LogP contribution in [0.15, 0.2) is 48.5 Å². The van der Waals surface area contributed by atoms with E-state index < -0.39 is 0 Å². The van der Waals surface area contributed by atoms with Crippen molar-refractivity contribution in [2.45, 2.75) is 12.3 Å². The SMILES string of the molecule is N#Cc1cccc(CC(CN)c2ccc(F)cc2)c1. The third kappa shape index (κ3) is 3.40. The van der Waals surface area contributed by atoms with E-state index in [1.807, 2.05) is 18.2 Å². The minimum atomic E-state index is -0.244. The van der Waals surface area contributed by atoms with Gasteiger partial charge in [-0.3, -0.25) is 0 Å². The number of nitriles is 1. The smallest absolute Gasteiger partial charge is 0.123 e. The van der Waals surface area contributed by atoms with E-state index >= 15 is 0 Å². The van der Waals surface area contributed by atoms with Crippen LogP contribution < -0.4 is 5.73 Å². The van der Waals surface area contributed by atoms with Crippen LogP contribution in [0.1, 0.15) is 22.6 Å². The molecule has 0 saturated carbocycles. The Morgan fingerprint density at radius 2 is 1.89 bits per heavy atom. The van der Waals surface area contributed by atoms with Crippen molar-refractivity contribution in [2.24, 2.45) is 5.73 Å². The van der Waals surface area contributed by atoms with E-state index in [1.165, 1.54) is 12.1 Å². The molecule has 0 aliphatic rings. The van der Waals surface area contributed by atoms with Gasteiger partial charge in [-0.25, -0.2) is 4.39 Å². The molecule has 0 aliphatic carbocycles. The summed E-state index contributed by atoms with van der Waals surface area (Å²) in [5.41, 5.74) is 8.54. The van der Waals surface area contributed by atoms with Crippen molar-refractivity contribution >= 4 is 0 Å². The van der Waals surface area contributed by atoms with Crippen LogP contribution in [0.4, 0.5) is 4.39 Å². The first kappa shape index (κ1) is 13.3. The molecular weight excluding hydrogens is 239 g/mol. The molecule has 1 unspecified atom stereocenters. The third-order valence-corrected chi connectivity index (χ3v) is 3.16. The largest absolute Gasteiger partial charge is 0.330 e. The molecule has 2 aromatic rings. The molecule has 0 saturated heterocycles. The summed E-state index contributed by atoms with van der Waals surface area (Å²) in [7, 11) is 0. The molecule has 0 bridgehead atoms. The molecule has 0 aliphatic heterocycles. The Hall–Kier alpha value is -2.18. The summed E-state index contributed by atoms with van der Waals surface area (Å²) in [5, 5.41) is 8.88. The zero-order chi connectivity index (χ0) is 13.7. The summed E-state index contributed by atoms with van der Waals surface area (Å²) in [6.07, 6.45) is 0.748. The molecule has 1 atom stereocenters. The van der Waals surface area contributed by atoms with Gasteiger partial charge in [-0.15, -0.1) is 0 Å². The van der Waals surface area contributed by atoms with E-state index in [2.05, 4.69) is 6.07 Å². The summed E-state index contributed by atoms with van der Waals surface area (Å²) >= 11 is 0. The zero-order valence-corrected chi connectivity index (χ0v) is 10.5.